The van der Waals surface area contributed by atoms with Gasteiger partial charge in [0.15, 0.2) is 0 Å². The van der Waals surface area contributed by atoms with E-state index in [2.05, 4.69) is 20.8 Å². The van der Waals surface area contributed by atoms with Crippen molar-refractivity contribution in [1.82, 2.24) is 0 Å². The number of hydrogen-bond acceptors (Lipinski definition) is 7. The van der Waals surface area contributed by atoms with Crippen molar-refractivity contribution >= 4 is 5.97 Å². The van der Waals surface area contributed by atoms with Gasteiger partial charge in [-0.1, -0.05) is 20.8 Å². The second kappa shape index (κ2) is 15.5. The smallest absolute Gasteiger partial charge is 0.303 e. The molecule has 4 saturated carbocycles. The van der Waals surface area contributed by atoms with Crippen molar-refractivity contribution in [2.75, 3.05) is 39.5 Å². The number of fused-ring (bicyclic) bond motifs is 5. The van der Waals surface area contributed by atoms with Gasteiger partial charge in [-0.25, -0.2) is 0 Å². The maximum Gasteiger partial charge on any atom is 0.303 e. The first kappa shape index (κ1) is 34.1. The predicted octanol–water partition coefficient (Wildman–Crippen LogP) is 4.99. The van der Waals surface area contributed by atoms with Crippen LogP contribution in [0.15, 0.2) is 0 Å². The van der Waals surface area contributed by atoms with Crippen LogP contribution in [0.5, 0.6) is 0 Å². The molecular weight excluding hydrogens is 532 g/mol. The largest absolute Gasteiger partial charge is 0.481 e. The molecule has 0 amide bonds. The number of hydrogen-bond donors (Lipinski definition) is 4. The first-order valence-corrected chi connectivity index (χ1v) is 17.3. The van der Waals surface area contributed by atoms with E-state index in [0.29, 0.717) is 61.6 Å². The third-order valence-electron chi connectivity index (χ3n) is 12.5. The van der Waals surface area contributed by atoms with Crippen LogP contribution in [-0.4, -0.2) is 74.0 Å². The number of carboxylic acid groups (broad SMARTS) is 1. The molecule has 0 saturated heterocycles. The Kier molecular flexibility index (Phi) is 12.6. The zero-order valence-corrected chi connectivity index (χ0v) is 26.8. The van der Waals surface area contributed by atoms with E-state index in [1.165, 1.54) is 12.8 Å². The minimum Gasteiger partial charge on any atom is -0.481 e. The lowest BCUT2D eigenvalue weighted by atomic mass is 9.43. The summed E-state index contributed by atoms with van der Waals surface area (Å²) in [7, 11) is 0. The van der Waals surface area contributed by atoms with E-state index < -0.39 is 5.97 Å². The summed E-state index contributed by atoms with van der Waals surface area (Å²) in [5.74, 6) is 2.53. The molecule has 8 heteroatoms. The molecule has 0 aliphatic heterocycles. The monoisotopic (exact) mass is 594 g/mol. The van der Waals surface area contributed by atoms with E-state index in [4.69, 9.17) is 30.8 Å². The number of nitrogens with two attached hydrogens (primary N) is 2. The Hall–Kier alpha value is -0.770. The van der Waals surface area contributed by atoms with Crippen molar-refractivity contribution in [1.29, 1.82) is 0 Å². The molecule has 42 heavy (non-hydrogen) atoms. The zero-order chi connectivity index (χ0) is 30.3. The van der Waals surface area contributed by atoms with Gasteiger partial charge in [-0.15, -0.1) is 0 Å². The Bertz CT molecular complexity index is 845. The first-order valence-electron chi connectivity index (χ1n) is 17.3. The number of aliphatic hydroxyl groups excluding tert-OH is 1. The molecule has 4 aliphatic carbocycles. The van der Waals surface area contributed by atoms with Crippen LogP contribution in [0.3, 0.4) is 0 Å². The highest BCUT2D eigenvalue weighted by atomic mass is 16.5. The van der Waals surface area contributed by atoms with Gasteiger partial charge in [0, 0.05) is 38.3 Å². The molecule has 0 bridgehead atoms. The summed E-state index contributed by atoms with van der Waals surface area (Å²) in [5.41, 5.74) is 12.1. The van der Waals surface area contributed by atoms with E-state index in [-0.39, 0.29) is 42.2 Å². The van der Waals surface area contributed by atoms with Crippen molar-refractivity contribution < 1.29 is 29.2 Å². The minimum atomic E-state index is -0.755. The van der Waals surface area contributed by atoms with E-state index in [9.17, 15) is 9.90 Å². The molecule has 2 unspecified atom stereocenters. The minimum absolute atomic E-state index is 0.0910. The number of rotatable bonds is 17. The Morgan fingerprint density at radius 1 is 0.905 bits per heavy atom. The summed E-state index contributed by atoms with van der Waals surface area (Å²) in [4.78, 5) is 11.0. The summed E-state index contributed by atoms with van der Waals surface area (Å²) < 4.78 is 20.0. The molecule has 0 radical (unpaired) electrons. The second-order valence-corrected chi connectivity index (χ2v) is 14.7. The standard InChI is InChI=1S/C34H62N2O6/c1-23(8-4-16-37)26-10-11-27-32-28(22-30(34(26,27)3)42-19-7-15-36)33(2)13-12-25(40-17-5-9-31(38)39)20-24(33)21-29(32)41-18-6-14-35/h23-30,32,37H,4-22,35-36H2,1-3H3,(H,38,39)/t23-,24?,25-,26-,27+,28+,29-,30+,32?,33+,34-/m1/s1. The molecule has 0 aromatic heterocycles. The Balaban J connectivity index is 1.60. The van der Waals surface area contributed by atoms with Gasteiger partial charge in [-0.2, -0.15) is 0 Å². The number of aliphatic hydroxyl groups is 1. The van der Waals surface area contributed by atoms with Crippen LogP contribution in [-0.2, 0) is 19.0 Å². The molecule has 4 rings (SSSR count). The van der Waals surface area contributed by atoms with E-state index >= 15 is 0 Å². The number of aliphatic carboxylic acids is 1. The van der Waals surface area contributed by atoms with Gasteiger partial charge in [-0.05, 0) is 131 Å². The van der Waals surface area contributed by atoms with Crippen LogP contribution >= 0.6 is 0 Å². The fourth-order valence-electron chi connectivity index (χ4n) is 10.4. The summed E-state index contributed by atoms with van der Waals surface area (Å²) in [5, 5.41) is 18.6. The van der Waals surface area contributed by atoms with Gasteiger partial charge in [0.1, 0.15) is 0 Å². The van der Waals surface area contributed by atoms with Gasteiger partial charge in [-0.3, -0.25) is 4.79 Å². The summed E-state index contributed by atoms with van der Waals surface area (Å²) in [6.07, 6.45) is 12.9. The Morgan fingerprint density at radius 3 is 2.31 bits per heavy atom. The molecule has 0 aromatic rings. The van der Waals surface area contributed by atoms with Crippen molar-refractivity contribution in [2.24, 2.45) is 57.8 Å². The van der Waals surface area contributed by atoms with E-state index in [1.54, 1.807) is 0 Å². The lowest BCUT2D eigenvalue weighted by molar-refractivity contribution is -0.227. The van der Waals surface area contributed by atoms with Gasteiger partial charge >= 0.3 is 5.97 Å². The Morgan fingerprint density at radius 2 is 1.62 bits per heavy atom. The Labute approximate surface area is 255 Å². The second-order valence-electron chi connectivity index (χ2n) is 14.7. The molecule has 0 spiro atoms. The van der Waals surface area contributed by atoms with E-state index in [1.807, 2.05) is 0 Å². The van der Waals surface area contributed by atoms with Crippen LogP contribution < -0.4 is 11.5 Å². The number of ether oxygens (including phenoxy) is 3. The molecule has 0 aromatic carbocycles. The van der Waals surface area contributed by atoms with Crippen molar-refractivity contribution in [3.63, 3.8) is 0 Å². The lowest BCUT2D eigenvalue weighted by Crippen LogP contribution is -2.63. The van der Waals surface area contributed by atoms with Crippen LogP contribution in [0.4, 0.5) is 0 Å². The van der Waals surface area contributed by atoms with Gasteiger partial charge in [0.05, 0.1) is 18.3 Å². The maximum atomic E-state index is 11.0. The highest BCUT2D eigenvalue weighted by Gasteiger charge is 2.66. The normalized spacial score (nSPS) is 40.2. The number of carbonyl (C=O) groups is 1. The highest BCUT2D eigenvalue weighted by Crippen LogP contribution is 2.69. The molecule has 4 aliphatic rings. The van der Waals surface area contributed by atoms with Gasteiger partial charge in [0.25, 0.3) is 0 Å². The maximum absolute atomic E-state index is 11.0. The van der Waals surface area contributed by atoms with Crippen molar-refractivity contribution in [3.8, 4) is 0 Å². The third kappa shape index (κ3) is 7.20. The highest BCUT2D eigenvalue weighted by molar-refractivity contribution is 5.66. The van der Waals surface area contributed by atoms with Gasteiger partial charge in [0.2, 0.25) is 0 Å². The van der Waals surface area contributed by atoms with Crippen LogP contribution in [0.1, 0.15) is 104 Å². The average Bonchev–Trinajstić information content (AvgIpc) is 3.32. The molecule has 8 nitrogen and oxygen atoms in total. The van der Waals surface area contributed by atoms with E-state index in [0.717, 1.165) is 71.0 Å². The summed E-state index contributed by atoms with van der Waals surface area (Å²) in [6.45, 7) is 11.0. The molecule has 244 valence electrons. The van der Waals surface area contributed by atoms with Crippen LogP contribution in [0, 0.1) is 46.3 Å². The van der Waals surface area contributed by atoms with Crippen LogP contribution in [0.2, 0.25) is 0 Å². The van der Waals surface area contributed by atoms with Crippen molar-refractivity contribution in [3.05, 3.63) is 0 Å². The fourth-order valence-corrected chi connectivity index (χ4v) is 10.4. The molecule has 11 atom stereocenters. The average molecular weight is 595 g/mol. The molecule has 0 heterocycles. The predicted molar refractivity (Wildman–Crippen MR) is 165 cm³/mol. The molecule has 6 N–H and O–H groups in total. The van der Waals surface area contributed by atoms with Crippen LogP contribution in [0.25, 0.3) is 0 Å². The molecule has 4 fully saturated rings. The zero-order valence-electron chi connectivity index (χ0n) is 26.8. The first-order chi connectivity index (χ1) is 20.2. The topological polar surface area (TPSA) is 137 Å². The quantitative estimate of drug-likeness (QED) is 0.173. The molecular formula is C34H62N2O6. The summed E-state index contributed by atoms with van der Waals surface area (Å²) >= 11 is 0. The number of carboxylic acids is 1. The lowest BCUT2D eigenvalue weighted by Gasteiger charge is -2.65. The summed E-state index contributed by atoms with van der Waals surface area (Å²) in [6, 6.07) is 0. The fraction of sp³-hybridized carbons (Fsp3) is 0.971. The van der Waals surface area contributed by atoms with Crippen molar-refractivity contribution in [2.45, 2.75) is 123 Å². The SMILES string of the molecule is C[C@H](CCCO)[C@H]1CC[C@H]2C3[C@H](OCCCN)CC4C[C@H](OCCCC(=O)O)CC[C@]4(C)[C@H]3C[C@H](OCCCN)[C@]12C. The van der Waals surface area contributed by atoms with Gasteiger partial charge < -0.3 is 35.9 Å². The third-order valence-corrected chi connectivity index (χ3v) is 12.5.